The smallest absolute Gasteiger partial charge is 0.320 e. The summed E-state index contributed by atoms with van der Waals surface area (Å²) in [6, 6.07) is 7.68. The fraction of sp³-hybridized carbons (Fsp3) is 0.682. The van der Waals surface area contributed by atoms with E-state index in [1.165, 1.54) is 12.0 Å². The van der Waals surface area contributed by atoms with Crippen molar-refractivity contribution in [1.82, 2.24) is 10.2 Å². The molecule has 1 aromatic rings. The molecule has 2 atom stereocenters. The summed E-state index contributed by atoms with van der Waals surface area (Å²) < 4.78 is 5.15. The lowest BCUT2D eigenvalue weighted by Gasteiger charge is -2.29. The Kier molecular flexibility index (Phi) is 12.6. The number of nitrogens with one attached hydrogen (secondary N) is 1. The first-order valence-corrected chi connectivity index (χ1v) is 10.3. The molecule has 27 heavy (non-hydrogen) atoms. The number of benzene rings is 1. The SMILES string of the molecule is CC.CCC.CCCN1C(=O)NC(C)(O)C1CCCc1ccc(OC)cc1. The van der Waals surface area contributed by atoms with Crippen molar-refractivity contribution in [2.45, 2.75) is 85.4 Å². The van der Waals surface area contributed by atoms with Crippen molar-refractivity contribution >= 4 is 6.03 Å². The first-order chi connectivity index (χ1) is 12.9. The van der Waals surface area contributed by atoms with Gasteiger partial charge in [0.05, 0.1) is 13.2 Å². The highest BCUT2D eigenvalue weighted by atomic mass is 16.5. The maximum atomic E-state index is 11.9. The zero-order valence-corrected chi connectivity index (χ0v) is 18.3. The Labute approximate surface area is 166 Å². The van der Waals surface area contributed by atoms with Gasteiger partial charge in [0.2, 0.25) is 0 Å². The number of hydrogen-bond donors (Lipinski definition) is 2. The van der Waals surface area contributed by atoms with Crippen LogP contribution in [-0.4, -0.2) is 41.5 Å². The zero-order valence-electron chi connectivity index (χ0n) is 18.3. The number of hydrogen-bond acceptors (Lipinski definition) is 3. The van der Waals surface area contributed by atoms with Gasteiger partial charge in [-0.1, -0.05) is 53.2 Å². The van der Waals surface area contributed by atoms with Crippen LogP contribution in [0, 0.1) is 0 Å². The van der Waals surface area contributed by atoms with Gasteiger partial charge >= 0.3 is 6.03 Å². The van der Waals surface area contributed by atoms with Crippen LogP contribution in [0.4, 0.5) is 4.79 Å². The Morgan fingerprint density at radius 1 is 1.19 bits per heavy atom. The first kappa shape index (κ1) is 25.2. The summed E-state index contributed by atoms with van der Waals surface area (Å²) in [4.78, 5) is 13.7. The third kappa shape index (κ3) is 8.21. The van der Waals surface area contributed by atoms with Crippen molar-refractivity contribution in [2.75, 3.05) is 13.7 Å². The number of aliphatic hydroxyl groups is 1. The third-order valence-electron chi connectivity index (χ3n) is 4.21. The molecule has 5 nitrogen and oxygen atoms in total. The van der Waals surface area contributed by atoms with E-state index < -0.39 is 5.72 Å². The fourth-order valence-electron chi connectivity index (χ4n) is 3.04. The molecular weight excluding hydrogens is 340 g/mol. The van der Waals surface area contributed by atoms with E-state index in [0.29, 0.717) is 6.54 Å². The Bertz CT molecular complexity index is 515. The monoisotopic (exact) mass is 380 g/mol. The molecule has 1 fully saturated rings. The molecule has 1 aromatic carbocycles. The zero-order chi connectivity index (χ0) is 20.9. The van der Waals surface area contributed by atoms with Crippen molar-refractivity contribution in [2.24, 2.45) is 0 Å². The van der Waals surface area contributed by atoms with Crippen molar-refractivity contribution in [1.29, 1.82) is 0 Å². The average Bonchev–Trinajstić information content (AvgIpc) is 2.87. The highest BCUT2D eigenvalue weighted by molar-refractivity contribution is 5.78. The lowest BCUT2D eigenvalue weighted by atomic mass is 9.98. The number of amides is 2. The number of urea groups is 1. The minimum Gasteiger partial charge on any atom is -0.497 e. The van der Waals surface area contributed by atoms with E-state index in [0.717, 1.165) is 31.4 Å². The van der Waals surface area contributed by atoms with Crippen molar-refractivity contribution in [3.8, 4) is 5.75 Å². The van der Waals surface area contributed by atoms with Gasteiger partial charge in [-0.25, -0.2) is 4.79 Å². The predicted octanol–water partition coefficient (Wildman–Crippen LogP) is 4.97. The molecule has 1 aliphatic heterocycles. The van der Waals surface area contributed by atoms with Crippen LogP contribution in [0.1, 0.15) is 72.8 Å². The van der Waals surface area contributed by atoms with Crippen molar-refractivity contribution in [3.05, 3.63) is 29.8 Å². The molecule has 2 amide bonds. The molecule has 2 N–H and O–H groups in total. The second-order valence-electron chi connectivity index (χ2n) is 6.73. The molecule has 0 radical (unpaired) electrons. The summed E-state index contributed by atoms with van der Waals surface area (Å²) >= 11 is 0. The number of carbonyl (C=O) groups excluding carboxylic acids is 1. The summed E-state index contributed by atoms with van der Waals surface area (Å²) in [6.07, 6.45) is 4.75. The van der Waals surface area contributed by atoms with Crippen LogP contribution in [0.2, 0.25) is 0 Å². The van der Waals surface area contributed by atoms with E-state index in [4.69, 9.17) is 4.74 Å². The second-order valence-corrected chi connectivity index (χ2v) is 6.73. The summed E-state index contributed by atoms with van der Waals surface area (Å²) in [6.45, 7) is 12.6. The van der Waals surface area contributed by atoms with E-state index in [9.17, 15) is 9.90 Å². The first-order valence-electron chi connectivity index (χ1n) is 10.3. The fourth-order valence-corrected chi connectivity index (χ4v) is 3.04. The Morgan fingerprint density at radius 3 is 2.22 bits per heavy atom. The minimum atomic E-state index is -1.15. The normalized spacial score (nSPS) is 20.8. The van der Waals surface area contributed by atoms with Crippen LogP contribution in [0.25, 0.3) is 0 Å². The van der Waals surface area contributed by atoms with E-state index in [1.54, 1.807) is 18.9 Å². The molecule has 0 saturated carbocycles. The van der Waals surface area contributed by atoms with Crippen LogP contribution >= 0.6 is 0 Å². The Balaban J connectivity index is 0.00000123. The van der Waals surface area contributed by atoms with Gasteiger partial charge in [0.25, 0.3) is 0 Å². The highest BCUT2D eigenvalue weighted by Crippen LogP contribution is 2.26. The van der Waals surface area contributed by atoms with E-state index >= 15 is 0 Å². The highest BCUT2D eigenvalue weighted by Gasteiger charge is 2.45. The third-order valence-corrected chi connectivity index (χ3v) is 4.21. The molecule has 1 saturated heterocycles. The lowest BCUT2D eigenvalue weighted by molar-refractivity contribution is 0.00108. The number of ether oxygens (including phenoxy) is 1. The maximum Gasteiger partial charge on any atom is 0.320 e. The van der Waals surface area contributed by atoms with Crippen molar-refractivity contribution in [3.63, 3.8) is 0 Å². The van der Waals surface area contributed by atoms with Crippen LogP contribution in [0.15, 0.2) is 24.3 Å². The van der Waals surface area contributed by atoms with Gasteiger partial charge in [0.15, 0.2) is 5.72 Å². The molecule has 5 heteroatoms. The number of nitrogens with zero attached hydrogens (tertiary/aromatic N) is 1. The summed E-state index contributed by atoms with van der Waals surface area (Å²) in [5.41, 5.74) is 0.0892. The molecular formula is C22H40N2O3. The number of methoxy groups -OCH3 is 1. The topological polar surface area (TPSA) is 61.8 Å². The predicted molar refractivity (Wildman–Crippen MR) is 113 cm³/mol. The van der Waals surface area contributed by atoms with Crippen LogP contribution in [0.3, 0.4) is 0 Å². The maximum absolute atomic E-state index is 11.9. The largest absolute Gasteiger partial charge is 0.497 e. The second kappa shape index (κ2) is 13.4. The standard InChI is InChI=1S/C17H26N2O3.C3H8.C2H6/c1-4-12-19-15(17(2,21)18-16(19)20)7-5-6-13-8-10-14(22-3)11-9-13;1-3-2;1-2/h8-11,15,21H,4-7,12H2,1-3H3,(H,18,20);3H2,1-2H3;1-2H3. The minimum absolute atomic E-state index is 0.165. The molecule has 156 valence electrons. The van der Waals surface area contributed by atoms with Crippen LogP contribution in [-0.2, 0) is 6.42 Å². The number of aryl methyl sites for hydroxylation is 1. The average molecular weight is 381 g/mol. The quantitative estimate of drug-likeness (QED) is 0.702. The van der Waals surface area contributed by atoms with Gasteiger partial charge in [-0.15, -0.1) is 0 Å². The lowest BCUT2D eigenvalue weighted by Crippen LogP contribution is -2.47. The van der Waals surface area contributed by atoms with Gasteiger partial charge in [-0.05, 0) is 50.3 Å². The molecule has 0 aliphatic carbocycles. The summed E-state index contributed by atoms with van der Waals surface area (Å²) in [5.74, 6) is 0.853. The van der Waals surface area contributed by atoms with Gasteiger partial charge in [-0.3, -0.25) is 0 Å². The van der Waals surface area contributed by atoms with Crippen LogP contribution in [0.5, 0.6) is 5.75 Å². The molecule has 0 aromatic heterocycles. The Morgan fingerprint density at radius 2 is 1.74 bits per heavy atom. The Hall–Kier alpha value is -1.75. The number of rotatable bonds is 7. The van der Waals surface area contributed by atoms with E-state index in [1.807, 2.05) is 32.9 Å². The summed E-state index contributed by atoms with van der Waals surface area (Å²) in [7, 11) is 1.66. The van der Waals surface area contributed by atoms with Gasteiger partial charge in [0.1, 0.15) is 5.75 Å². The van der Waals surface area contributed by atoms with Gasteiger partial charge in [0, 0.05) is 6.54 Å². The van der Waals surface area contributed by atoms with E-state index in [2.05, 4.69) is 31.3 Å². The molecule has 1 heterocycles. The molecule has 0 spiro atoms. The molecule has 2 rings (SSSR count). The van der Waals surface area contributed by atoms with Crippen molar-refractivity contribution < 1.29 is 14.6 Å². The number of carbonyl (C=O) groups is 1. The molecule has 2 unspecified atom stereocenters. The van der Waals surface area contributed by atoms with Gasteiger partial charge < -0.3 is 20.1 Å². The van der Waals surface area contributed by atoms with Gasteiger partial charge in [-0.2, -0.15) is 0 Å². The van der Waals surface area contributed by atoms with E-state index in [-0.39, 0.29) is 12.1 Å². The van der Waals surface area contributed by atoms with Crippen LogP contribution < -0.4 is 10.1 Å². The molecule has 0 bridgehead atoms. The summed E-state index contributed by atoms with van der Waals surface area (Å²) in [5, 5.41) is 13.1. The molecule has 1 aliphatic rings.